The van der Waals surface area contributed by atoms with Crippen LogP contribution in [-0.4, -0.2) is 34.1 Å². The van der Waals surface area contributed by atoms with Gasteiger partial charge in [0.15, 0.2) is 0 Å². The molecule has 0 aliphatic carbocycles. The first-order valence-corrected chi connectivity index (χ1v) is 6.98. The topological polar surface area (TPSA) is 60.7 Å². The molecule has 0 radical (unpaired) electrons. The van der Waals surface area contributed by atoms with Gasteiger partial charge in [0.05, 0.1) is 12.2 Å². The van der Waals surface area contributed by atoms with E-state index in [0.717, 1.165) is 5.56 Å². The standard InChI is InChI=1S/C16H26O3/c1-11(2)15(18)12(3)16(19)14(10-17)9-13-7-5-4-6-8-13/h4-8,11-12,14-19H,9-10H2,1-3H3/t12-,14+,15-,16-/m0/s1. The molecule has 0 unspecified atom stereocenters. The Bertz CT molecular complexity index is 350. The molecule has 0 heterocycles. The smallest absolute Gasteiger partial charge is 0.0643 e. The quantitative estimate of drug-likeness (QED) is 0.706. The van der Waals surface area contributed by atoms with Crippen molar-refractivity contribution in [3.05, 3.63) is 35.9 Å². The van der Waals surface area contributed by atoms with Gasteiger partial charge >= 0.3 is 0 Å². The van der Waals surface area contributed by atoms with E-state index < -0.39 is 12.2 Å². The van der Waals surface area contributed by atoms with Crippen LogP contribution in [0.3, 0.4) is 0 Å². The van der Waals surface area contributed by atoms with Crippen LogP contribution < -0.4 is 0 Å². The van der Waals surface area contributed by atoms with Crippen LogP contribution in [0, 0.1) is 17.8 Å². The van der Waals surface area contributed by atoms with Gasteiger partial charge in [-0.1, -0.05) is 51.1 Å². The lowest BCUT2D eigenvalue weighted by Crippen LogP contribution is -2.39. The lowest BCUT2D eigenvalue weighted by Gasteiger charge is -2.31. The summed E-state index contributed by atoms with van der Waals surface area (Å²) in [5, 5.41) is 29.9. The third-order valence-electron chi connectivity index (χ3n) is 3.82. The summed E-state index contributed by atoms with van der Waals surface area (Å²) in [5.74, 6) is -0.396. The van der Waals surface area contributed by atoms with Gasteiger partial charge < -0.3 is 15.3 Å². The predicted octanol–water partition coefficient (Wildman–Crippen LogP) is 1.85. The first kappa shape index (κ1) is 16.2. The maximum Gasteiger partial charge on any atom is 0.0643 e. The summed E-state index contributed by atoms with van der Waals surface area (Å²) in [6.07, 6.45) is -0.643. The van der Waals surface area contributed by atoms with Crippen molar-refractivity contribution in [3.63, 3.8) is 0 Å². The second-order valence-corrected chi connectivity index (χ2v) is 5.72. The van der Waals surface area contributed by atoms with Crippen molar-refractivity contribution in [1.82, 2.24) is 0 Å². The zero-order chi connectivity index (χ0) is 14.4. The second-order valence-electron chi connectivity index (χ2n) is 5.72. The van der Waals surface area contributed by atoms with Gasteiger partial charge in [0.2, 0.25) is 0 Å². The van der Waals surface area contributed by atoms with Crippen molar-refractivity contribution in [2.24, 2.45) is 17.8 Å². The minimum atomic E-state index is -0.706. The summed E-state index contributed by atoms with van der Waals surface area (Å²) in [7, 11) is 0. The summed E-state index contributed by atoms with van der Waals surface area (Å²) >= 11 is 0. The molecule has 1 rings (SSSR count). The van der Waals surface area contributed by atoms with E-state index in [9.17, 15) is 15.3 Å². The van der Waals surface area contributed by atoms with E-state index in [4.69, 9.17) is 0 Å². The molecule has 1 aromatic carbocycles. The van der Waals surface area contributed by atoms with Crippen LogP contribution in [-0.2, 0) is 6.42 Å². The second kappa shape index (κ2) is 7.63. The molecule has 4 atom stereocenters. The fraction of sp³-hybridized carbons (Fsp3) is 0.625. The number of aliphatic hydroxyl groups excluding tert-OH is 3. The Morgan fingerprint density at radius 3 is 2.00 bits per heavy atom. The molecule has 0 bridgehead atoms. The molecular formula is C16H26O3. The van der Waals surface area contributed by atoms with Crippen LogP contribution in [0.2, 0.25) is 0 Å². The molecule has 3 N–H and O–H groups in total. The van der Waals surface area contributed by atoms with E-state index >= 15 is 0 Å². The molecular weight excluding hydrogens is 240 g/mol. The summed E-state index contributed by atoms with van der Waals surface area (Å²) < 4.78 is 0. The molecule has 0 saturated carbocycles. The highest BCUT2D eigenvalue weighted by Crippen LogP contribution is 2.23. The molecule has 108 valence electrons. The van der Waals surface area contributed by atoms with Gasteiger partial charge in [-0.25, -0.2) is 0 Å². The van der Waals surface area contributed by atoms with Gasteiger partial charge in [0.25, 0.3) is 0 Å². The summed E-state index contributed by atoms with van der Waals surface area (Å²) in [4.78, 5) is 0. The van der Waals surface area contributed by atoms with Gasteiger partial charge in [-0.15, -0.1) is 0 Å². The van der Waals surface area contributed by atoms with Crippen molar-refractivity contribution in [3.8, 4) is 0 Å². The third kappa shape index (κ3) is 4.60. The van der Waals surface area contributed by atoms with Crippen LogP contribution in [0.15, 0.2) is 30.3 Å². The molecule has 0 aliphatic rings. The summed E-state index contributed by atoms with van der Waals surface area (Å²) in [6.45, 7) is 5.62. The van der Waals surface area contributed by atoms with Crippen LogP contribution in [0.5, 0.6) is 0 Å². The van der Waals surface area contributed by atoms with Crippen LogP contribution in [0.4, 0.5) is 0 Å². The zero-order valence-corrected chi connectivity index (χ0v) is 12.0. The zero-order valence-electron chi connectivity index (χ0n) is 12.0. The molecule has 0 saturated heterocycles. The molecule has 1 aromatic rings. The van der Waals surface area contributed by atoms with E-state index in [0.29, 0.717) is 6.42 Å². The van der Waals surface area contributed by atoms with Crippen molar-refractivity contribution in [2.75, 3.05) is 6.61 Å². The number of benzene rings is 1. The predicted molar refractivity (Wildman–Crippen MR) is 76.7 cm³/mol. The molecule has 0 amide bonds. The maximum absolute atomic E-state index is 10.3. The van der Waals surface area contributed by atoms with Gasteiger partial charge in [-0.05, 0) is 17.9 Å². The molecule has 3 nitrogen and oxygen atoms in total. The van der Waals surface area contributed by atoms with Crippen molar-refractivity contribution in [2.45, 2.75) is 39.4 Å². The maximum atomic E-state index is 10.3. The van der Waals surface area contributed by atoms with E-state index in [2.05, 4.69) is 0 Å². The van der Waals surface area contributed by atoms with Gasteiger partial charge in [-0.3, -0.25) is 0 Å². The first-order chi connectivity index (χ1) is 8.97. The van der Waals surface area contributed by atoms with E-state index in [-0.39, 0.29) is 24.4 Å². The van der Waals surface area contributed by atoms with Crippen molar-refractivity contribution in [1.29, 1.82) is 0 Å². The number of hydrogen-bond donors (Lipinski definition) is 3. The number of rotatable bonds is 7. The Morgan fingerprint density at radius 1 is 0.947 bits per heavy atom. The van der Waals surface area contributed by atoms with Gasteiger partial charge in [0.1, 0.15) is 0 Å². The Morgan fingerprint density at radius 2 is 1.53 bits per heavy atom. The normalized spacial score (nSPS) is 18.1. The third-order valence-corrected chi connectivity index (χ3v) is 3.82. The lowest BCUT2D eigenvalue weighted by molar-refractivity contribution is -0.0396. The Balaban J connectivity index is 2.68. The fourth-order valence-electron chi connectivity index (χ4n) is 2.45. The highest BCUT2D eigenvalue weighted by Gasteiger charge is 2.30. The van der Waals surface area contributed by atoms with Crippen molar-refractivity contribution >= 4 is 0 Å². The van der Waals surface area contributed by atoms with Crippen LogP contribution >= 0.6 is 0 Å². The largest absolute Gasteiger partial charge is 0.396 e. The Hall–Kier alpha value is -0.900. The van der Waals surface area contributed by atoms with Crippen LogP contribution in [0.1, 0.15) is 26.3 Å². The fourth-order valence-corrected chi connectivity index (χ4v) is 2.45. The summed E-state index contributed by atoms with van der Waals surface area (Å²) in [5.41, 5.74) is 1.09. The van der Waals surface area contributed by atoms with E-state index in [1.807, 2.05) is 51.1 Å². The van der Waals surface area contributed by atoms with E-state index in [1.54, 1.807) is 0 Å². The van der Waals surface area contributed by atoms with Gasteiger partial charge in [0, 0.05) is 18.4 Å². The molecule has 0 fully saturated rings. The Labute approximate surface area is 115 Å². The highest BCUT2D eigenvalue weighted by molar-refractivity contribution is 5.15. The number of hydrogen-bond acceptors (Lipinski definition) is 3. The van der Waals surface area contributed by atoms with E-state index in [1.165, 1.54) is 0 Å². The Kier molecular flexibility index (Phi) is 6.49. The highest BCUT2D eigenvalue weighted by atomic mass is 16.3. The van der Waals surface area contributed by atoms with Crippen molar-refractivity contribution < 1.29 is 15.3 Å². The molecule has 0 aromatic heterocycles. The minimum Gasteiger partial charge on any atom is -0.396 e. The lowest BCUT2D eigenvalue weighted by atomic mass is 9.82. The molecule has 0 spiro atoms. The average Bonchev–Trinajstić information content (AvgIpc) is 2.43. The molecule has 0 aliphatic heterocycles. The van der Waals surface area contributed by atoms with Crippen LogP contribution in [0.25, 0.3) is 0 Å². The SMILES string of the molecule is CC(C)[C@H](O)[C@H](C)[C@H](O)[C@@H](CO)Cc1ccccc1. The monoisotopic (exact) mass is 266 g/mol. The first-order valence-electron chi connectivity index (χ1n) is 6.98. The summed E-state index contributed by atoms with van der Waals surface area (Å²) in [6, 6.07) is 9.81. The molecule has 19 heavy (non-hydrogen) atoms. The minimum absolute atomic E-state index is 0.0782. The van der Waals surface area contributed by atoms with Gasteiger partial charge in [-0.2, -0.15) is 0 Å². The number of aliphatic hydroxyl groups is 3. The molecule has 3 heteroatoms. The average molecular weight is 266 g/mol.